The molecule has 0 unspecified atom stereocenters. The number of aromatic nitrogens is 2. The van der Waals surface area contributed by atoms with Crippen LogP contribution in [0.15, 0.2) is 54.9 Å². The first kappa shape index (κ1) is 17.5. The lowest BCUT2D eigenvalue weighted by Gasteiger charge is -2.09. The summed E-state index contributed by atoms with van der Waals surface area (Å²) in [5, 5.41) is 5.47. The predicted molar refractivity (Wildman–Crippen MR) is 94.0 cm³/mol. The second-order valence-electron chi connectivity index (χ2n) is 5.71. The van der Waals surface area contributed by atoms with Gasteiger partial charge in [-0.25, -0.2) is 18.7 Å². The highest BCUT2D eigenvalue weighted by Gasteiger charge is 2.10. The van der Waals surface area contributed by atoms with E-state index in [-0.39, 0.29) is 23.1 Å². The van der Waals surface area contributed by atoms with E-state index in [2.05, 4.69) is 20.6 Å². The van der Waals surface area contributed by atoms with Crippen molar-refractivity contribution in [2.45, 2.75) is 13.5 Å². The van der Waals surface area contributed by atoms with Crippen LogP contribution in [0.2, 0.25) is 0 Å². The molecule has 0 radical (unpaired) electrons. The van der Waals surface area contributed by atoms with Gasteiger partial charge in [0.05, 0.1) is 5.69 Å². The lowest BCUT2D eigenvalue weighted by Crippen LogP contribution is -2.24. The van der Waals surface area contributed by atoms with E-state index >= 15 is 0 Å². The molecule has 1 heterocycles. The molecule has 0 fully saturated rings. The Balaban J connectivity index is 1.69. The number of carbonyl (C=O) groups is 1. The Hall–Kier alpha value is -3.35. The minimum Gasteiger partial charge on any atom is -0.347 e. The van der Waals surface area contributed by atoms with Gasteiger partial charge in [0, 0.05) is 18.7 Å². The molecule has 1 aromatic heterocycles. The number of nitrogens with one attached hydrogen (secondary N) is 2. The van der Waals surface area contributed by atoms with E-state index in [0.717, 1.165) is 23.3 Å². The highest BCUT2D eigenvalue weighted by atomic mass is 19.1. The molecule has 0 saturated heterocycles. The van der Waals surface area contributed by atoms with Crippen molar-refractivity contribution >= 4 is 17.4 Å². The number of carbonyl (C=O) groups excluding carboxylic acids is 1. The number of nitrogens with zero attached hydrogens (tertiary/aromatic N) is 2. The zero-order valence-corrected chi connectivity index (χ0v) is 14.0. The summed E-state index contributed by atoms with van der Waals surface area (Å²) in [5.41, 5.74) is 2.26. The fraction of sp³-hybridized carbons (Fsp3) is 0.105. The van der Waals surface area contributed by atoms with Crippen molar-refractivity contribution < 1.29 is 13.6 Å². The monoisotopic (exact) mass is 354 g/mol. The van der Waals surface area contributed by atoms with Gasteiger partial charge in [-0.15, -0.1) is 0 Å². The van der Waals surface area contributed by atoms with Crippen LogP contribution in [0.3, 0.4) is 0 Å². The van der Waals surface area contributed by atoms with Crippen LogP contribution in [-0.4, -0.2) is 15.9 Å². The molecule has 0 spiro atoms. The van der Waals surface area contributed by atoms with Crippen LogP contribution in [0, 0.1) is 18.6 Å². The van der Waals surface area contributed by atoms with Crippen LogP contribution < -0.4 is 10.6 Å². The third kappa shape index (κ3) is 4.38. The standard InChI is InChI=1S/C19H16F2N4O/c1-12-3-2-4-13(7-12)10-22-19(26)17-9-18(24-11-23-17)25-16-6-5-14(20)8-15(16)21/h2-9,11H,10H2,1H3,(H,22,26)(H,23,24,25). The minimum atomic E-state index is -0.755. The zero-order chi connectivity index (χ0) is 18.5. The fourth-order valence-corrected chi connectivity index (χ4v) is 2.37. The number of rotatable bonds is 5. The van der Waals surface area contributed by atoms with Gasteiger partial charge < -0.3 is 10.6 Å². The molecule has 0 saturated carbocycles. The average Bonchev–Trinajstić information content (AvgIpc) is 2.62. The number of amides is 1. The Morgan fingerprint density at radius 3 is 2.69 bits per heavy atom. The molecule has 5 nitrogen and oxygen atoms in total. The number of hydrogen-bond donors (Lipinski definition) is 2. The molecule has 0 aliphatic carbocycles. The Morgan fingerprint density at radius 1 is 1.08 bits per heavy atom. The van der Waals surface area contributed by atoms with E-state index in [1.807, 2.05) is 31.2 Å². The normalized spacial score (nSPS) is 10.4. The molecule has 1 amide bonds. The van der Waals surface area contributed by atoms with Crippen molar-refractivity contribution in [3.05, 3.63) is 83.3 Å². The predicted octanol–water partition coefficient (Wildman–Crippen LogP) is 3.74. The topological polar surface area (TPSA) is 66.9 Å². The Morgan fingerprint density at radius 2 is 1.92 bits per heavy atom. The smallest absolute Gasteiger partial charge is 0.270 e. The first-order valence-corrected chi connectivity index (χ1v) is 7.89. The quantitative estimate of drug-likeness (QED) is 0.733. The van der Waals surface area contributed by atoms with Gasteiger partial charge in [-0.2, -0.15) is 0 Å². The molecule has 132 valence electrons. The van der Waals surface area contributed by atoms with E-state index in [0.29, 0.717) is 6.54 Å². The van der Waals surface area contributed by atoms with Gasteiger partial charge in [0.25, 0.3) is 5.91 Å². The second-order valence-corrected chi connectivity index (χ2v) is 5.71. The van der Waals surface area contributed by atoms with Crippen molar-refractivity contribution in [1.29, 1.82) is 0 Å². The van der Waals surface area contributed by atoms with Crippen molar-refractivity contribution in [2.75, 3.05) is 5.32 Å². The summed E-state index contributed by atoms with van der Waals surface area (Å²) in [6.45, 7) is 2.34. The molecule has 0 aliphatic heterocycles. The average molecular weight is 354 g/mol. The number of halogens is 2. The molecule has 0 bridgehead atoms. The highest BCUT2D eigenvalue weighted by molar-refractivity contribution is 5.92. The second kappa shape index (κ2) is 7.69. The number of anilines is 2. The van der Waals surface area contributed by atoms with Crippen LogP contribution in [0.4, 0.5) is 20.3 Å². The maximum atomic E-state index is 13.7. The third-order valence-electron chi connectivity index (χ3n) is 3.63. The lowest BCUT2D eigenvalue weighted by atomic mass is 10.1. The van der Waals surface area contributed by atoms with Gasteiger partial charge in [0.15, 0.2) is 0 Å². The number of hydrogen-bond acceptors (Lipinski definition) is 4. The molecule has 2 aromatic carbocycles. The zero-order valence-electron chi connectivity index (χ0n) is 14.0. The van der Waals surface area contributed by atoms with E-state index in [1.54, 1.807) is 0 Å². The molecule has 26 heavy (non-hydrogen) atoms. The summed E-state index contributed by atoms with van der Waals surface area (Å²) in [6, 6.07) is 12.3. The molecule has 7 heteroatoms. The highest BCUT2D eigenvalue weighted by Crippen LogP contribution is 2.19. The van der Waals surface area contributed by atoms with Gasteiger partial charge in [-0.3, -0.25) is 4.79 Å². The largest absolute Gasteiger partial charge is 0.347 e. The van der Waals surface area contributed by atoms with Crippen molar-refractivity contribution in [3.63, 3.8) is 0 Å². The summed E-state index contributed by atoms with van der Waals surface area (Å²) in [4.78, 5) is 20.1. The molecular weight excluding hydrogens is 338 g/mol. The van der Waals surface area contributed by atoms with Crippen molar-refractivity contribution in [1.82, 2.24) is 15.3 Å². The van der Waals surface area contributed by atoms with Crippen molar-refractivity contribution in [3.8, 4) is 0 Å². The Bertz CT molecular complexity index is 946. The summed E-state index contributed by atoms with van der Waals surface area (Å²) < 4.78 is 26.7. The summed E-state index contributed by atoms with van der Waals surface area (Å²) >= 11 is 0. The fourth-order valence-electron chi connectivity index (χ4n) is 2.37. The van der Waals surface area contributed by atoms with Crippen molar-refractivity contribution in [2.24, 2.45) is 0 Å². The maximum Gasteiger partial charge on any atom is 0.270 e. The molecule has 3 rings (SSSR count). The summed E-state index contributed by atoms with van der Waals surface area (Å²) in [7, 11) is 0. The molecule has 0 aliphatic rings. The molecule has 2 N–H and O–H groups in total. The maximum absolute atomic E-state index is 13.7. The van der Waals surface area contributed by atoms with Crippen LogP contribution in [0.1, 0.15) is 21.6 Å². The number of benzene rings is 2. The minimum absolute atomic E-state index is 0.0521. The Labute approximate surface area is 149 Å². The van der Waals surface area contributed by atoms with Gasteiger partial charge in [-0.05, 0) is 24.6 Å². The van der Waals surface area contributed by atoms with E-state index < -0.39 is 11.6 Å². The van der Waals surface area contributed by atoms with Crippen LogP contribution >= 0.6 is 0 Å². The van der Waals surface area contributed by atoms with Gasteiger partial charge in [0.2, 0.25) is 0 Å². The van der Waals surface area contributed by atoms with Crippen LogP contribution in [0.25, 0.3) is 0 Å². The van der Waals surface area contributed by atoms with Gasteiger partial charge >= 0.3 is 0 Å². The molecule has 0 atom stereocenters. The SMILES string of the molecule is Cc1cccc(CNC(=O)c2cc(Nc3ccc(F)cc3F)ncn2)c1. The first-order valence-electron chi connectivity index (χ1n) is 7.89. The van der Waals surface area contributed by atoms with Gasteiger partial charge in [0.1, 0.15) is 29.5 Å². The summed E-state index contributed by atoms with van der Waals surface area (Å²) in [5.74, 6) is -1.58. The van der Waals surface area contributed by atoms with E-state index in [1.165, 1.54) is 18.5 Å². The van der Waals surface area contributed by atoms with Crippen LogP contribution in [-0.2, 0) is 6.54 Å². The Kier molecular flexibility index (Phi) is 5.17. The van der Waals surface area contributed by atoms with Crippen LogP contribution in [0.5, 0.6) is 0 Å². The third-order valence-corrected chi connectivity index (χ3v) is 3.63. The first-order chi connectivity index (χ1) is 12.5. The number of aryl methyl sites for hydroxylation is 1. The van der Waals surface area contributed by atoms with E-state index in [9.17, 15) is 13.6 Å². The molecular formula is C19H16F2N4O. The van der Waals surface area contributed by atoms with Gasteiger partial charge in [-0.1, -0.05) is 29.8 Å². The molecule has 3 aromatic rings. The van der Waals surface area contributed by atoms with E-state index in [4.69, 9.17) is 0 Å². The lowest BCUT2D eigenvalue weighted by molar-refractivity contribution is 0.0946. The summed E-state index contributed by atoms with van der Waals surface area (Å²) in [6.07, 6.45) is 1.20.